The van der Waals surface area contributed by atoms with Crippen LogP contribution in [-0.4, -0.2) is 71.0 Å². The van der Waals surface area contributed by atoms with Crippen molar-refractivity contribution in [2.24, 2.45) is 0 Å². The van der Waals surface area contributed by atoms with Gasteiger partial charge in [-0.3, -0.25) is 19.4 Å². The average Bonchev–Trinajstić information content (AvgIpc) is 2.99. The van der Waals surface area contributed by atoms with E-state index in [0.717, 1.165) is 20.9 Å². The SMILES string of the molecule is CCNC(=O)CN1CCN([C@H](C(=O)O)c2c[nH]c3ccc(Br)cc23)CC1. The third kappa shape index (κ3) is 4.08. The molecule has 1 saturated heterocycles. The van der Waals surface area contributed by atoms with E-state index in [9.17, 15) is 14.7 Å². The van der Waals surface area contributed by atoms with Crippen molar-refractivity contribution in [3.05, 3.63) is 34.4 Å². The van der Waals surface area contributed by atoms with E-state index in [1.807, 2.05) is 30.0 Å². The minimum Gasteiger partial charge on any atom is -0.480 e. The van der Waals surface area contributed by atoms with E-state index in [4.69, 9.17) is 0 Å². The number of rotatable bonds is 6. The van der Waals surface area contributed by atoms with Gasteiger partial charge in [0.05, 0.1) is 6.54 Å². The van der Waals surface area contributed by atoms with Gasteiger partial charge in [-0.1, -0.05) is 15.9 Å². The Morgan fingerprint density at radius 2 is 2.04 bits per heavy atom. The maximum absolute atomic E-state index is 12.0. The molecule has 1 aliphatic heterocycles. The summed E-state index contributed by atoms with van der Waals surface area (Å²) in [5.41, 5.74) is 1.69. The summed E-state index contributed by atoms with van der Waals surface area (Å²) in [5.74, 6) is -0.847. The van der Waals surface area contributed by atoms with E-state index in [-0.39, 0.29) is 5.91 Å². The van der Waals surface area contributed by atoms with Gasteiger partial charge in [-0.25, -0.2) is 0 Å². The fourth-order valence-corrected chi connectivity index (χ4v) is 3.82. The zero-order chi connectivity index (χ0) is 18.7. The number of piperazine rings is 1. The molecule has 0 spiro atoms. The maximum Gasteiger partial charge on any atom is 0.325 e. The lowest BCUT2D eigenvalue weighted by atomic mass is 10.0. The molecule has 26 heavy (non-hydrogen) atoms. The number of aromatic nitrogens is 1. The number of carbonyl (C=O) groups excluding carboxylic acids is 1. The summed E-state index contributed by atoms with van der Waals surface area (Å²) >= 11 is 3.46. The van der Waals surface area contributed by atoms with E-state index >= 15 is 0 Å². The molecule has 1 aromatic heterocycles. The first kappa shape index (κ1) is 18.9. The number of nitrogens with one attached hydrogen (secondary N) is 2. The highest BCUT2D eigenvalue weighted by molar-refractivity contribution is 9.10. The van der Waals surface area contributed by atoms with E-state index in [2.05, 4.69) is 31.1 Å². The second-order valence-corrected chi connectivity index (χ2v) is 7.36. The lowest BCUT2D eigenvalue weighted by Gasteiger charge is -2.37. The van der Waals surface area contributed by atoms with Crippen molar-refractivity contribution in [3.63, 3.8) is 0 Å². The predicted molar refractivity (Wildman–Crippen MR) is 103 cm³/mol. The minimum atomic E-state index is -0.858. The van der Waals surface area contributed by atoms with Crippen LogP contribution in [0, 0.1) is 0 Å². The van der Waals surface area contributed by atoms with Gasteiger partial charge >= 0.3 is 5.97 Å². The summed E-state index contributed by atoms with van der Waals surface area (Å²) in [6.45, 7) is 5.44. The van der Waals surface area contributed by atoms with Gasteiger partial charge in [-0.2, -0.15) is 0 Å². The highest BCUT2D eigenvalue weighted by Crippen LogP contribution is 2.31. The molecule has 2 heterocycles. The number of hydrogen-bond donors (Lipinski definition) is 3. The molecule has 1 atom stereocenters. The molecule has 0 bridgehead atoms. The molecule has 3 rings (SSSR count). The Morgan fingerprint density at radius 3 is 2.69 bits per heavy atom. The van der Waals surface area contributed by atoms with Crippen LogP contribution in [0.4, 0.5) is 0 Å². The zero-order valence-corrected chi connectivity index (χ0v) is 16.3. The Balaban J connectivity index is 1.74. The van der Waals surface area contributed by atoms with Crippen LogP contribution in [0.15, 0.2) is 28.9 Å². The number of aromatic amines is 1. The van der Waals surface area contributed by atoms with Crippen LogP contribution >= 0.6 is 15.9 Å². The molecule has 0 aliphatic carbocycles. The molecule has 0 unspecified atom stereocenters. The lowest BCUT2D eigenvalue weighted by Crippen LogP contribution is -2.51. The second kappa shape index (κ2) is 8.20. The van der Waals surface area contributed by atoms with E-state index in [1.165, 1.54) is 0 Å². The van der Waals surface area contributed by atoms with Crippen molar-refractivity contribution in [2.75, 3.05) is 39.3 Å². The van der Waals surface area contributed by atoms with Crippen LogP contribution in [0.5, 0.6) is 0 Å². The predicted octanol–water partition coefficient (Wildman–Crippen LogP) is 1.81. The number of hydrogen-bond acceptors (Lipinski definition) is 4. The van der Waals surface area contributed by atoms with Crippen molar-refractivity contribution in [3.8, 4) is 0 Å². The van der Waals surface area contributed by atoms with E-state index in [0.29, 0.717) is 39.3 Å². The first-order valence-corrected chi connectivity index (χ1v) is 9.51. The van der Waals surface area contributed by atoms with Crippen LogP contribution < -0.4 is 5.32 Å². The first-order chi connectivity index (χ1) is 12.5. The summed E-state index contributed by atoms with van der Waals surface area (Å²) in [6.07, 6.45) is 1.79. The Hall–Kier alpha value is -1.90. The summed E-state index contributed by atoms with van der Waals surface area (Å²) < 4.78 is 0.918. The molecule has 0 radical (unpaired) electrons. The summed E-state index contributed by atoms with van der Waals surface area (Å²) in [6, 6.07) is 5.11. The van der Waals surface area contributed by atoms with Gasteiger partial charge < -0.3 is 15.4 Å². The van der Waals surface area contributed by atoms with Crippen molar-refractivity contribution in [2.45, 2.75) is 13.0 Å². The second-order valence-electron chi connectivity index (χ2n) is 6.44. The van der Waals surface area contributed by atoms with Crippen molar-refractivity contribution >= 4 is 38.7 Å². The number of benzene rings is 1. The Kier molecular flexibility index (Phi) is 5.95. The number of aliphatic carboxylic acids is 1. The third-order valence-electron chi connectivity index (χ3n) is 4.72. The van der Waals surface area contributed by atoms with Crippen molar-refractivity contribution in [1.82, 2.24) is 20.1 Å². The summed E-state index contributed by atoms with van der Waals surface area (Å²) in [5, 5.41) is 13.6. The molecule has 1 aliphatic rings. The molecule has 1 fully saturated rings. The van der Waals surface area contributed by atoms with Gasteiger partial charge in [0.1, 0.15) is 6.04 Å². The molecule has 2 aromatic rings. The molecule has 8 heteroatoms. The van der Waals surface area contributed by atoms with Gasteiger partial charge in [0.2, 0.25) is 5.91 Å². The zero-order valence-electron chi connectivity index (χ0n) is 14.7. The molecule has 7 nitrogen and oxygen atoms in total. The van der Waals surface area contributed by atoms with E-state index < -0.39 is 12.0 Å². The number of nitrogens with zero attached hydrogens (tertiary/aromatic N) is 2. The van der Waals surface area contributed by atoms with Gasteiger partial charge in [-0.05, 0) is 25.1 Å². The molecular weight excluding hydrogens is 400 g/mol. The molecule has 1 aromatic carbocycles. The van der Waals surface area contributed by atoms with Gasteiger partial charge in [0.15, 0.2) is 0 Å². The van der Waals surface area contributed by atoms with E-state index in [1.54, 1.807) is 6.20 Å². The summed E-state index contributed by atoms with van der Waals surface area (Å²) in [4.78, 5) is 31.0. The van der Waals surface area contributed by atoms with Crippen LogP contribution in [-0.2, 0) is 9.59 Å². The Labute approximate surface area is 160 Å². The average molecular weight is 423 g/mol. The number of carbonyl (C=O) groups is 2. The lowest BCUT2D eigenvalue weighted by molar-refractivity contribution is -0.144. The first-order valence-electron chi connectivity index (χ1n) is 8.72. The van der Waals surface area contributed by atoms with Gasteiger partial charge in [0.25, 0.3) is 0 Å². The topological polar surface area (TPSA) is 88.7 Å². The van der Waals surface area contributed by atoms with Crippen molar-refractivity contribution < 1.29 is 14.7 Å². The van der Waals surface area contributed by atoms with Gasteiger partial charge in [0, 0.05) is 59.9 Å². The van der Waals surface area contributed by atoms with Crippen LogP contribution in [0.2, 0.25) is 0 Å². The fraction of sp³-hybridized carbons (Fsp3) is 0.444. The van der Waals surface area contributed by atoms with Crippen LogP contribution in [0.3, 0.4) is 0 Å². The van der Waals surface area contributed by atoms with Gasteiger partial charge in [-0.15, -0.1) is 0 Å². The Morgan fingerprint density at radius 1 is 1.31 bits per heavy atom. The fourth-order valence-electron chi connectivity index (χ4n) is 3.46. The quantitative estimate of drug-likeness (QED) is 0.660. The minimum absolute atomic E-state index is 0.0113. The maximum atomic E-state index is 12.0. The highest BCUT2D eigenvalue weighted by Gasteiger charge is 2.32. The van der Waals surface area contributed by atoms with Crippen LogP contribution in [0.1, 0.15) is 18.5 Å². The number of fused-ring (bicyclic) bond motifs is 1. The van der Waals surface area contributed by atoms with Crippen LogP contribution in [0.25, 0.3) is 10.9 Å². The number of carboxylic acid groups (broad SMARTS) is 1. The summed E-state index contributed by atoms with van der Waals surface area (Å²) in [7, 11) is 0. The molecular formula is C18H23BrN4O3. The largest absolute Gasteiger partial charge is 0.480 e. The standard InChI is InChI=1S/C18H23BrN4O3/c1-2-20-16(24)11-22-5-7-23(8-6-22)17(18(25)26)14-10-21-15-4-3-12(19)9-13(14)15/h3-4,9-10,17,21H,2,5-8,11H2,1H3,(H,20,24)(H,25,26)/t17-/m0/s1. The smallest absolute Gasteiger partial charge is 0.325 e. The van der Waals surface area contributed by atoms with Crippen molar-refractivity contribution in [1.29, 1.82) is 0 Å². The molecule has 3 N–H and O–H groups in total. The molecule has 140 valence electrons. The molecule has 0 saturated carbocycles. The number of amides is 1. The number of H-pyrrole nitrogens is 1. The third-order valence-corrected chi connectivity index (χ3v) is 5.21. The monoisotopic (exact) mass is 422 g/mol. The normalized spacial score (nSPS) is 17.3. The number of halogens is 1. The molecule has 1 amide bonds. The Bertz CT molecular complexity index is 799. The highest BCUT2D eigenvalue weighted by atomic mass is 79.9. The number of carboxylic acids is 1. The number of likely N-dealkylation sites (N-methyl/N-ethyl adjacent to an activating group) is 1.